The number of benzene rings is 1. The second kappa shape index (κ2) is 7.27. The van der Waals surface area contributed by atoms with Gasteiger partial charge in [0.2, 0.25) is 0 Å². The van der Waals surface area contributed by atoms with E-state index < -0.39 is 6.10 Å². The first kappa shape index (κ1) is 17.0. The SMILES string of the molecule is CC(Oc1ccc(C(C)(C)C)cc1)C(=O)NCc1ccccn1. The van der Waals surface area contributed by atoms with Crippen LogP contribution in [0, 0.1) is 0 Å². The molecule has 4 heteroatoms. The molecule has 2 aromatic rings. The molecule has 0 saturated carbocycles. The smallest absolute Gasteiger partial charge is 0.261 e. The summed E-state index contributed by atoms with van der Waals surface area (Å²) in [6, 6.07) is 13.5. The van der Waals surface area contributed by atoms with Crippen LogP contribution in [0.2, 0.25) is 0 Å². The highest BCUT2D eigenvalue weighted by Crippen LogP contribution is 2.24. The van der Waals surface area contributed by atoms with Crippen LogP contribution in [0.15, 0.2) is 48.7 Å². The zero-order valence-electron chi connectivity index (χ0n) is 14.2. The number of hydrogen-bond donors (Lipinski definition) is 1. The van der Waals surface area contributed by atoms with Crippen LogP contribution >= 0.6 is 0 Å². The van der Waals surface area contributed by atoms with Gasteiger partial charge in [0.15, 0.2) is 6.10 Å². The average Bonchev–Trinajstić information content (AvgIpc) is 2.53. The fourth-order valence-corrected chi connectivity index (χ4v) is 2.12. The van der Waals surface area contributed by atoms with E-state index in [-0.39, 0.29) is 11.3 Å². The Balaban J connectivity index is 1.88. The van der Waals surface area contributed by atoms with Gasteiger partial charge in [0.25, 0.3) is 5.91 Å². The van der Waals surface area contributed by atoms with Crippen LogP contribution in [-0.2, 0) is 16.8 Å². The highest BCUT2D eigenvalue weighted by Gasteiger charge is 2.16. The molecule has 122 valence electrons. The zero-order valence-corrected chi connectivity index (χ0v) is 14.2. The lowest BCUT2D eigenvalue weighted by Crippen LogP contribution is -2.36. The highest BCUT2D eigenvalue weighted by atomic mass is 16.5. The van der Waals surface area contributed by atoms with Gasteiger partial charge in [-0.25, -0.2) is 0 Å². The van der Waals surface area contributed by atoms with Gasteiger partial charge in [0.05, 0.1) is 12.2 Å². The summed E-state index contributed by atoms with van der Waals surface area (Å²) in [5.41, 5.74) is 2.16. The van der Waals surface area contributed by atoms with Gasteiger partial charge in [-0.3, -0.25) is 9.78 Å². The van der Waals surface area contributed by atoms with Crippen LogP contribution in [0.5, 0.6) is 5.75 Å². The first-order valence-corrected chi connectivity index (χ1v) is 7.81. The number of amides is 1. The second-order valence-corrected chi connectivity index (χ2v) is 6.57. The van der Waals surface area contributed by atoms with Gasteiger partial charge in [-0.2, -0.15) is 0 Å². The zero-order chi connectivity index (χ0) is 16.9. The molecule has 0 aliphatic carbocycles. The Morgan fingerprint density at radius 3 is 2.43 bits per heavy atom. The van der Waals surface area contributed by atoms with E-state index in [1.165, 1.54) is 5.56 Å². The summed E-state index contributed by atoms with van der Waals surface area (Å²) < 4.78 is 5.70. The van der Waals surface area contributed by atoms with Gasteiger partial charge in [-0.05, 0) is 42.2 Å². The first-order valence-electron chi connectivity index (χ1n) is 7.81. The number of hydrogen-bond acceptors (Lipinski definition) is 3. The molecule has 1 unspecified atom stereocenters. The number of rotatable bonds is 5. The van der Waals surface area contributed by atoms with Gasteiger partial charge in [0.1, 0.15) is 5.75 Å². The van der Waals surface area contributed by atoms with Crippen molar-refractivity contribution in [3.63, 3.8) is 0 Å². The maximum atomic E-state index is 12.1. The average molecular weight is 312 g/mol. The molecule has 1 atom stereocenters. The molecule has 4 nitrogen and oxygen atoms in total. The molecule has 0 radical (unpaired) electrons. The lowest BCUT2D eigenvalue weighted by molar-refractivity contribution is -0.127. The second-order valence-electron chi connectivity index (χ2n) is 6.57. The van der Waals surface area contributed by atoms with E-state index in [1.807, 2.05) is 42.5 Å². The normalized spacial score (nSPS) is 12.5. The number of nitrogens with zero attached hydrogens (tertiary/aromatic N) is 1. The van der Waals surface area contributed by atoms with E-state index in [4.69, 9.17) is 4.74 Å². The molecule has 1 aromatic carbocycles. The summed E-state index contributed by atoms with van der Waals surface area (Å²) in [5, 5.41) is 2.83. The minimum absolute atomic E-state index is 0.101. The van der Waals surface area contributed by atoms with Crippen LogP contribution in [-0.4, -0.2) is 17.0 Å². The lowest BCUT2D eigenvalue weighted by atomic mass is 9.87. The Bertz CT molecular complexity index is 631. The number of nitrogens with one attached hydrogen (secondary N) is 1. The van der Waals surface area contributed by atoms with Crippen LogP contribution in [0.1, 0.15) is 39.0 Å². The summed E-state index contributed by atoms with van der Waals surface area (Å²) in [6.07, 6.45) is 1.15. The van der Waals surface area contributed by atoms with Crippen LogP contribution in [0.4, 0.5) is 0 Å². The Kier molecular flexibility index (Phi) is 5.37. The van der Waals surface area contributed by atoms with Gasteiger partial charge in [-0.1, -0.05) is 39.0 Å². The van der Waals surface area contributed by atoms with Gasteiger partial charge < -0.3 is 10.1 Å². The predicted octanol–water partition coefficient (Wildman–Crippen LogP) is 3.46. The maximum Gasteiger partial charge on any atom is 0.261 e. The monoisotopic (exact) mass is 312 g/mol. The van der Waals surface area contributed by atoms with Crippen molar-refractivity contribution in [2.45, 2.75) is 45.8 Å². The highest BCUT2D eigenvalue weighted by molar-refractivity contribution is 5.80. The maximum absolute atomic E-state index is 12.1. The van der Waals surface area contributed by atoms with E-state index in [1.54, 1.807) is 13.1 Å². The van der Waals surface area contributed by atoms with Gasteiger partial charge >= 0.3 is 0 Å². The van der Waals surface area contributed by atoms with Crippen LogP contribution < -0.4 is 10.1 Å². The molecule has 0 bridgehead atoms. The number of carbonyl (C=O) groups is 1. The van der Waals surface area contributed by atoms with Gasteiger partial charge in [-0.15, -0.1) is 0 Å². The molecule has 0 fully saturated rings. The number of aromatic nitrogens is 1. The van der Waals surface area contributed by atoms with E-state index in [0.29, 0.717) is 12.3 Å². The molecule has 0 aliphatic rings. The van der Waals surface area contributed by atoms with E-state index >= 15 is 0 Å². The molecule has 0 aliphatic heterocycles. The number of carbonyl (C=O) groups excluding carboxylic acids is 1. The topological polar surface area (TPSA) is 51.2 Å². The van der Waals surface area contributed by atoms with Crippen molar-refractivity contribution < 1.29 is 9.53 Å². The fourth-order valence-electron chi connectivity index (χ4n) is 2.12. The molecule has 23 heavy (non-hydrogen) atoms. The first-order chi connectivity index (χ1) is 10.9. The van der Waals surface area contributed by atoms with Crippen molar-refractivity contribution in [1.82, 2.24) is 10.3 Å². The minimum Gasteiger partial charge on any atom is -0.481 e. The van der Waals surface area contributed by atoms with Crippen molar-refractivity contribution in [2.75, 3.05) is 0 Å². The molecule has 1 N–H and O–H groups in total. The third-order valence-electron chi connectivity index (χ3n) is 3.57. The third-order valence-corrected chi connectivity index (χ3v) is 3.57. The number of pyridine rings is 1. The summed E-state index contributed by atoms with van der Waals surface area (Å²) in [5.74, 6) is 0.536. The van der Waals surface area contributed by atoms with Crippen molar-refractivity contribution in [3.8, 4) is 5.75 Å². The quantitative estimate of drug-likeness (QED) is 0.920. The van der Waals surface area contributed by atoms with E-state index in [9.17, 15) is 4.79 Å². The molecule has 0 spiro atoms. The van der Waals surface area contributed by atoms with Crippen molar-refractivity contribution in [3.05, 3.63) is 59.9 Å². The Labute approximate surface area is 137 Å². The Morgan fingerprint density at radius 1 is 1.17 bits per heavy atom. The van der Waals surface area contributed by atoms with Crippen LogP contribution in [0.3, 0.4) is 0 Å². The lowest BCUT2D eigenvalue weighted by Gasteiger charge is -2.20. The predicted molar refractivity (Wildman–Crippen MR) is 91.3 cm³/mol. The summed E-state index contributed by atoms with van der Waals surface area (Å²) in [6.45, 7) is 8.63. The largest absolute Gasteiger partial charge is 0.481 e. The molecular formula is C19H24N2O2. The molecular weight excluding hydrogens is 288 g/mol. The number of ether oxygens (including phenoxy) is 1. The Hall–Kier alpha value is -2.36. The minimum atomic E-state index is -0.556. The Morgan fingerprint density at radius 2 is 1.87 bits per heavy atom. The van der Waals surface area contributed by atoms with Gasteiger partial charge in [0, 0.05) is 6.20 Å². The van der Waals surface area contributed by atoms with E-state index in [0.717, 1.165) is 5.69 Å². The molecule has 1 aromatic heterocycles. The standard InChI is InChI=1S/C19H24N2O2/c1-14(18(22)21-13-16-7-5-6-12-20-16)23-17-10-8-15(9-11-17)19(2,3)4/h5-12,14H,13H2,1-4H3,(H,21,22). The van der Waals surface area contributed by atoms with Crippen molar-refractivity contribution in [2.24, 2.45) is 0 Å². The summed E-state index contributed by atoms with van der Waals surface area (Å²) in [4.78, 5) is 16.3. The van der Waals surface area contributed by atoms with Crippen molar-refractivity contribution in [1.29, 1.82) is 0 Å². The summed E-state index contributed by atoms with van der Waals surface area (Å²) in [7, 11) is 0. The van der Waals surface area contributed by atoms with E-state index in [2.05, 4.69) is 31.1 Å². The summed E-state index contributed by atoms with van der Waals surface area (Å²) >= 11 is 0. The molecule has 1 heterocycles. The molecule has 1 amide bonds. The molecule has 2 rings (SSSR count). The van der Waals surface area contributed by atoms with Crippen LogP contribution in [0.25, 0.3) is 0 Å². The van der Waals surface area contributed by atoms with Crippen molar-refractivity contribution >= 4 is 5.91 Å². The fraction of sp³-hybridized carbons (Fsp3) is 0.368. The molecule has 0 saturated heterocycles. The third kappa shape index (κ3) is 5.09.